The molecule has 0 saturated heterocycles. The Balaban J connectivity index is 2.95. The molecule has 1 aromatic carbocycles. The fourth-order valence-corrected chi connectivity index (χ4v) is 1.84. The highest BCUT2D eigenvalue weighted by Gasteiger charge is 2.13. The predicted molar refractivity (Wildman–Crippen MR) is 72.7 cm³/mol. The number of halogens is 1. The highest BCUT2D eigenvalue weighted by atomic mass is 35.5. The van der Waals surface area contributed by atoms with Gasteiger partial charge in [0.1, 0.15) is 6.07 Å². The number of carbonyl (C=O) groups is 1. The number of hydrogen-bond acceptors (Lipinski definition) is 3. The minimum Gasteiger partial charge on any atom is -0.361 e. The number of rotatable bonds is 5. The second-order valence-corrected chi connectivity index (χ2v) is 4.18. The molecule has 0 aliphatic carbocycles. The van der Waals surface area contributed by atoms with Gasteiger partial charge in [-0.15, -0.1) is 0 Å². The van der Waals surface area contributed by atoms with Crippen molar-refractivity contribution in [3.63, 3.8) is 0 Å². The van der Waals surface area contributed by atoms with Gasteiger partial charge in [-0.1, -0.05) is 11.6 Å². The standard InChI is InChI=1S/C13H16ClN3O/c1-3-16-13(18)9-17(4-2)12-6-5-11(14)7-10(12)8-15/h5-7H,3-4,9H2,1-2H3,(H,16,18). The van der Waals surface area contributed by atoms with Gasteiger partial charge in [0.25, 0.3) is 0 Å². The molecule has 0 aliphatic rings. The summed E-state index contributed by atoms with van der Waals surface area (Å²) >= 11 is 5.85. The van der Waals surface area contributed by atoms with Crippen LogP contribution in [0.5, 0.6) is 0 Å². The van der Waals surface area contributed by atoms with Crippen molar-refractivity contribution in [2.24, 2.45) is 0 Å². The quantitative estimate of drug-likeness (QED) is 0.888. The molecule has 1 aromatic rings. The highest BCUT2D eigenvalue weighted by molar-refractivity contribution is 6.30. The Hall–Kier alpha value is -1.73. The van der Waals surface area contributed by atoms with E-state index in [-0.39, 0.29) is 12.5 Å². The maximum absolute atomic E-state index is 11.6. The van der Waals surface area contributed by atoms with Gasteiger partial charge in [0.2, 0.25) is 5.91 Å². The van der Waals surface area contributed by atoms with Crippen LogP contribution in [0.4, 0.5) is 5.69 Å². The van der Waals surface area contributed by atoms with Crippen molar-refractivity contribution < 1.29 is 4.79 Å². The van der Waals surface area contributed by atoms with Crippen LogP contribution in [0.3, 0.4) is 0 Å². The van der Waals surface area contributed by atoms with Crippen molar-refractivity contribution in [1.82, 2.24) is 5.32 Å². The molecule has 0 atom stereocenters. The summed E-state index contributed by atoms with van der Waals surface area (Å²) in [5.41, 5.74) is 1.21. The van der Waals surface area contributed by atoms with E-state index in [1.54, 1.807) is 18.2 Å². The Labute approximate surface area is 112 Å². The second kappa shape index (κ2) is 6.87. The summed E-state index contributed by atoms with van der Waals surface area (Å²) in [6, 6.07) is 7.19. The first-order valence-corrected chi connectivity index (χ1v) is 6.21. The van der Waals surface area contributed by atoms with Gasteiger partial charge in [0.15, 0.2) is 0 Å². The third-order valence-electron chi connectivity index (χ3n) is 2.51. The summed E-state index contributed by atoms with van der Waals surface area (Å²) in [7, 11) is 0. The van der Waals surface area contributed by atoms with E-state index in [2.05, 4.69) is 11.4 Å². The van der Waals surface area contributed by atoms with Crippen molar-refractivity contribution in [3.8, 4) is 6.07 Å². The van der Waals surface area contributed by atoms with Gasteiger partial charge in [-0.2, -0.15) is 5.26 Å². The number of nitriles is 1. The zero-order valence-corrected chi connectivity index (χ0v) is 11.3. The Morgan fingerprint density at radius 2 is 2.22 bits per heavy atom. The lowest BCUT2D eigenvalue weighted by atomic mass is 10.1. The SMILES string of the molecule is CCNC(=O)CN(CC)c1ccc(Cl)cc1C#N. The number of likely N-dealkylation sites (N-methyl/N-ethyl adjacent to an activating group) is 2. The Kier molecular flexibility index (Phi) is 5.47. The van der Waals surface area contributed by atoms with Crippen molar-refractivity contribution in [3.05, 3.63) is 28.8 Å². The number of anilines is 1. The lowest BCUT2D eigenvalue weighted by Gasteiger charge is -2.23. The van der Waals surface area contributed by atoms with Crippen LogP contribution in [0.2, 0.25) is 5.02 Å². The lowest BCUT2D eigenvalue weighted by molar-refractivity contribution is -0.119. The van der Waals surface area contributed by atoms with Gasteiger partial charge >= 0.3 is 0 Å². The molecular formula is C13H16ClN3O. The number of benzene rings is 1. The highest BCUT2D eigenvalue weighted by Crippen LogP contribution is 2.23. The summed E-state index contributed by atoms with van der Waals surface area (Å²) < 4.78 is 0. The lowest BCUT2D eigenvalue weighted by Crippen LogP contribution is -2.37. The van der Waals surface area contributed by atoms with Crippen LogP contribution in [0, 0.1) is 11.3 Å². The first-order valence-electron chi connectivity index (χ1n) is 5.83. The molecule has 0 unspecified atom stereocenters. The summed E-state index contributed by atoms with van der Waals surface area (Å²) in [4.78, 5) is 13.4. The molecule has 0 heterocycles. The minimum atomic E-state index is -0.0572. The smallest absolute Gasteiger partial charge is 0.239 e. The summed E-state index contributed by atoms with van der Waals surface area (Å²) in [5.74, 6) is -0.0572. The van der Waals surface area contributed by atoms with Crippen LogP contribution in [0.25, 0.3) is 0 Å². The molecule has 5 heteroatoms. The van der Waals surface area contributed by atoms with Crippen molar-refractivity contribution in [1.29, 1.82) is 5.26 Å². The zero-order chi connectivity index (χ0) is 13.5. The molecule has 96 valence electrons. The zero-order valence-electron chi connectivity index (χ0n) is 10.5. The van der Waals surface area contributed by atoms with Gasteiger partial charge in [-0.25, -0.2) is 0 Å². The molecule has 0 bridgehead atoms. The van der Waals surface area contributed by atoms with E-state index in [1.807, 2.05) is 18.7 Å². The fraction of sp³-hybridized carbons (Fsp3) is 0.385. The molecule has 4 nitrogen and oxygen atoms in total. The molecule has 1 amide bonds. The molecule has 1 rings (SSSR count). The van der Waals surface area contributed by atoms with E-state index in [4.69, 9.17) is 16.9 Å². The third kappa shape index (κ3) is 3.64. The molecule has 0 saturated carbocycles. The predicted octanol–water partition coefficient (Wildman–Crippen LogP) is 2.17. The van der Waals surface area contributed by atoms with Crippen molar-refractivity contribution in [2.45, 2.75) is 13.8 Å². The normalized spacial score (nSPS) is 9.67. The second-order valence-electron chi connectivity index (χ2n) is 3.74. The van der Waals surface area contributed by atoms with E-state index < -0.39 is 0 Å². The van der Waals surface area contributed by atoms with E-state index in [1.165, 1.54) is 0 Å². The van der Waals surface area contributed by atoms with Gasteiger partial charge in [0, 0.05) is 18.1 Å². The number of amides is 1. The van der Waals surface area contributed by atoms with Gasteiger partial charge in [-0.3, -0.25) is 4.79 Å². The molecule has 0 aliphatic heterocycles. The van der Waals surface area contributed by atoms with E-state index in [0.717, 1.165) is 5.69 Å². The van der Waals surface area contributed by atoms with Crippen molar-refractivity contribution in [2.75, 3.05) is 24.5 Å². The Bertz CT molecular complexity index is 468. The van der Waals surface area contributed by atoms with Gasteiger partial charge in [-0.05, 0) is 32.0 Å². The minimum absolute atomic E-state index is 0.0572. The maximum Gasteiger partial charge on any atom is 0.239 e. The monoisotopic (exact) mass is 265 g/mol. The topological polar surface area (TPSA) is 56.1 Å². The number of carbonyl (C=O) groups excluding carboxylic acids is 1. The first-order chi connectivity index (χ1) is 8.62. The largest absolute Gasteiger partial charge is 0.361 e. The van der Waals surface area contributed by atoms with Crippen LogP contribution < -0.4 is 10.2 Å². The van der Waals surface area contributed by atoms with E-state index >= 15 is 0 Å². The molecule has 0 radical (unpaired) electrons. The van der Waals surface area contributed by atoms with Gasteiger partial charge < -0.3 is 10.2 Å². The molecule has 1 N–H and O–H groups in total. The molecule has 0 aromatic heterocycles. The van der Waals surface area contributed by atoms with E-state index in [0.29, 0.717) is 23.7 Å². The van der Waals surface area contributed by atoms with Crippen LogP contribution >= 0.6 is 11.6 Å². The fourth-order valence-electron chi connectivity index (χ4n) is 1.67. The first kappa shape index (κ1) is 14.3. The Morgan fingerprint density at radius 1 is 1.50 bits per heavy atom. The van der Waals surface area contributed by atoms with Crippen LogP contribution in [0.1, 0.15) is 19.4 Å². The average molecular weight is 266 g/mol. The molecular weight excluding hydrogens is 250 g/mol. The van der Waals surface area contributed by atoms with Crippen LogP contribution in [0.15, 0.2) is 18.2 Å². The average Bonchev–Trinajstić information content (AvgIpc) is 2.36. The summed E-state index contributed by atoms with van der Waals surface area (Å²) in [6.07, 6.45) is 0. The number of nitrogens with zero attached hydrogens (tertiary/aromatic N) is 2. The van der Waals surface area contributed by atoms with Gasteiger partial charge in [0.05, 0.1) is 17.8 Å². The Morgan fingerprint density at radius 3 is 2.78 bits per heavy atom. The third-order valence-corrected chi connectivity index (χ3v) is 2.74. The number of nitrogens with one attached hydrogen (secondary N) is 1. The van der Waals surface area contributed by atoms with Crippen LogP contribution in [-0.2, 0) is 4.79 Å². The van der Waals surface area contributed by atoms with Crippen molar-refractivity contribution >= 4 is 23.2 Å². The number of hydrogen-bond donors (Lipinski definition) is 1. The summed E-state index contributed by atoms with van der Waals surface area (Å²) in [6.45, 7) is 5.29. The maximum atomic E-state index is 11.6. The molecule has 18 heavy (non-hydrogen) atoms. The molecule has 0 fully saturated rings. The summed E-state index contributed by atoms with van der Waals surface area (Å²) in [5, 5.41) is 12.3. The van der Waals surface area contributed by atoms with E-state index in [9.17, 15) is 4.79 Å². The molecule has 0 spiro atoms. The van der Waals surface area contributed by atoms with Crippen LogP contribution in [-0.4, -0.2) is 25.5 Å².